The number of hydrogen-bond donors (Lipinski definition) is 1. The fraction of sp³-hybridized carbons (Fsp3) is 0.950. The zero-order valence-corrected chi connectivity index (χ0v) is 19.6. The Bertz CT molecular complexity index is 435. The number of piperidine rings is 1. The molecule has 2 unspecified atom stereocenters. The van der Waals surface area contributed by atoms with Gasteiger partial charge in [-0.2, -0.15) is 0 Å². The first-order chi connectivity index (χ1) is 13.3. The second-order valence-corrected chi connectivity index (χ2v) is 7.79. The number of aliphatic imine (C=N–C) groups is 1. The van der Waals surface area contributed by atoms with Gasteiger partial charge in [0.05, 0.1) is 32.0 Å². The highest BCUT2D eigenvalue weighted by Crippen LogP contribution is 2.18. The molecule has 0 aromatic rings. The maximum atomic E-state index is 6.06. The quantitative estimate of drug-likeness (QED) is 0.222. The number of nitrogens with zero attached hydrogens (tertiary/aromatic N) is 2. The maximum Gasteiger partial charge on any atom is 0.193 e. The molecule has 28 heavy (non-hydrogen) atoms. The van der Waals surface area contributed by atoms with Crippen LogP contribution in [0.2, 0.25) is 0 Å². The molecule has 0 aromatic heterocycles. The Morgan fingerprint density at radius 1 is 1.14 bits per heavy atom. The molecule has 2 atom stereocenters. The number of halogens is 1. The standard InChI is InChI=1S/C20H37N3O4.HI/c1-21-20(22-8-3-11-24-14-17-7-13-25-15-17)23-9-5-18(6-10-23)27-16-19-4-2-12-26-19;/h17-19H,2-16H2,1H3,(H,21,22);1H. The highest BCUT2D eigenvalue weighted by molar-refractivity contribution is 14.0. The van der Waals surface area contributed by atoms with Gasteiger partial charge in [-0.25, -0.2) is 0 Å². The van der Waals surface area contributed by atoms with E-state index in [1.165, 1.54) is 6.42 Å². The summed E-state index contributed by atoms with van der Waals surface area (Å²) in [6, 6.07) is 0. The van der Waals surface area contributed by atoms with Crippen LogP contribution in [0.4, 0.5) is 0 Å². The smallest absolute Gasteiger partial charge is 0.193 e. The first-order valence-corrected chi connectivity index (χ1v) is 10.7. The van der Waals surface area contributed by atoms with Gasteiger partial charge < -0.3 is 29.2 Å². The normalized spacial score (nSPS) is 26.5. The Labute approximate surface area is 186 Å². The topological polar surface area (TPSA) is 64.6 Å². The fourth-order valence-electron chi connectivity index (χ4n) is 3.92. The van der Waals surface area contributed by atoms with Gasteiger partial charge in [0.25, 0.3) is 0 Å². The van der Waals surface area contributed by atoms with E-state index in [0.29, 0.717) is 18.1 Å². The first-order valence-electron chi connectivity index (χ1n) is 10.7. The molecule has 1 N–H and O–H groups in total. The Morgan fingerprint density at radius 2 is 2.00 bits per heavy atom. The van der Waals surface area contributed by atoms with Crippen LogP contribution in [-0.2, 0) is 18.9 Å². The third-order valence-corrected chi connectivity index (χ3v) is 5.62. The van der Waals surface area contributed by atoms with Gasteiger partial charge >= 0.3 is 0 Å². The summed E-state index contributed by atoms with van der Waals surface area (Å²) < 4.78 is 22.8. The summed E-state index contributed by atoms with van der Waals surface area (Å²) in [4.78, 5) is 6.78. The second kappa shape index (κ2) is 14.0. The third-order valence-electron chi connectivity index (χ3n) is 5.62. The summed E-state index contributed by atoms with van der Waals surface area (Å²) >= 11 is 0. The Morgan fingerprint density at radius 3 is 2.68 bits per heavy atom. The second-order valence-electron chi connectivity index (χ2n) is 7.79. The van der Waals surface area contributed by atoms with E-state index in [1.54, 1.807) is 0 Å². The minimum absolute atomic E-state index is 0. The number of likely N-dealkylation sites (tertiary alicyclic amines) is 1. The zero-order chi connectivity index (χ0) is 18.7. The van der Waals surface area contributed by atoms with Crippen molar-refractivity contribution < 1.29 is 18.9 Å². The van der Waals surface area contributed by atoms with Gasteiger partial charge in [-0.15, -0.1) is 24.0 Å². The summed E-state index contributed by atoms with van der Waals surface area (Å²) in [6.07, 6.45) is 7.24. The molecule has 3 aliphatic rings. The number of guanidine groups is 1. The monoisotopic (exact) mass is 511 g/mol. The molecule has 0 saturated carbocycles. The van der Waals surface area contributed by atoms with E-state index < -0.39 is 0 Å². The largest absolute Gasteiger partial charge is 0.381 e. The minimum Gasteiger partial charge on any atom is -0.381 e. The first kappa shape index (κ1) is 24.1. The average Bonchev–Trinajstić information content (AvgIpc) is 3.40. The molecule has 0 bridgehead atoms. The number of rotatable bonds is 9. The summed E-state index contributed by atoms with van der Waals surface area (Å²) in [7, 11) is 1.86. The highest BCUT2D eigenvalue weighted by Gasteiger charge is 2.24. The van der Waals surface area contributed by atoms with Crippen LogP contribution < -0.4 is 5.32 Å². The van der Waals surface area contributed by atoms with Crippen molar-refractivity contribution in [1.29, 1.82) is 0 Å². The molecule has 3 saturated heterocycles. The Hall–Kier alpha value is -0.160. The molecule has 0 aliphatic carbocycles. The zero-order valence-electron chi connectivity index (χ0n) is 17.3. The average molecular weight is 511 g/mol. The van der Waals surface area contributed by atoms with Crippen molar-refractivity contribution in [3.05, 3.63) is 0 Å². The van der Waals surface area contributed by atoms with Crippen molar-refractivity contribution in [2.75, 3.05) is 66.3 Å². The molecule has 3 heterocycles. The van der Waals surface area contributed by atoms with E-state index in [2.05, 4.69) is 15.2 Å². The van der Waals surface area contributed by atoms with Gasteiger partial charge in [0, 0.05) is 52.4 Å². The molecule has 8 heteroatoms. The van der Waals surface area contributed by atoms with Gasteiger partial charge in [0.1, 0.15) is 0 Å². The van der Waals surface area contributed by atoms with Crippen LogP contribution in [0.1, 0.15) is 38.5 Å². The van der Waals surface area contributed by atoms with Crippen LogP contribution >= 0.6 is 24.0 Å². The summed E-state index contributed by atoms with van der Waals surface area (Å²) in [6.45, 7) is 7.90. The van der Waals surface area contributed by atoms with E-state index >= 15 is 0 Å². The van der Waals surface area contributed by atoms with E-state index in [4.69, 9.17) is 18.9 Å². The van der Waals surface area contributed by atoms with Crippen LogP contribution in [0, 0.1) is 5.92 Å². The Balaban J connectivity index is 0.00000280. The molecular weight excluding hydrogens is 473 g/mol. The summed E-state index contributed by atoms with van der Waals surface area (Å²) in [5.74, 6) is 1.59. The highest BCUT2D eigenvalue weighted by atomic mass is 127. The predicted molar refractivity (Wildman–Crippen MR) is 121 cm³/mol. The van der Waals surface area contributed by atoms with Gasteiger partial charge in [-0.1, -0.05) is 0 Å². The van der Waals surface area contributed by atoms with E-state index in [-0.39, 0.29) is 24.0 Å². The lowest BCUT2D eigenvalue weighted by atomic mass is 10.1. The number of ether oxygens (including phenoxy) is 4. The molecule has 3 rings (SSSR count). The Kier molecular flexibility index (Phi) is 12.0. The lowest BCUT2D eigenvalue weighted by Gasteiger charge is -2.34. The van der Waals surface area contributed by atoms with Crippen LogP contribution in [0.3, 0.4) is 0 Å². The summed E-state index contributed by atoms with van der Waals surface area (Å²) in [5.41, 5.74) is 0. The molecule has 0 radical (unpaired) electrons. The van der Waals surface area contributed by atoms with E-state index in [9.17, 15) is 0 Å². The van der Waals surface area contributed by atoms with E-state index in [0.717, 1.165) is 97.3 Å². The molecule has 3 aliphatic heterocycles. The number of nitrogens with one attached hydrogen (secondary N) is 1. The van der Waals surface area contributed by atoms with Crippen molar-refractivity contribution in [2.45, 2.75) is 50.7 Å². The molecule has 0 spiro atoms. The van der Waals surface area contributed by atoms with Crippen molar-refractivity contribution in [3.8, 4) is 0 Å². The van der Waals surface area contributed by atoms with Crippen molar-refractivity contribution in [1.82, 2.24) is 10.2 Å². The van der Waals surface area contributed by atoms with Gasteiger partial charge in [0.2, 0.25) is 0 Å². The van der Waals surface area contributed by atoms with Crippen LogP contribution in [0.15, 0.2) is 4.99 Å². The third kappa shape index (κ3) is 8.30. The van der Waals surface area contributed by atoms with Crippen molar-refractivity contribution in [2.24, 2.45) is 10.9 Å². The summed E-state index contributed by atoms with van der Waals surface area (Å²) in [5, 5.41) is 3.47. The SMILES string of the molecule is CN=C(NCCCOCC1CCOC1)N1CCC(OCC2CCCO2)CC1.I. The van der Waals surface area contributed by atoms with Gasteiger partial charge in [-0.05, 0) is 38.5 Å². The molecule has 7 nitrogen and oxygen atoms in total. The fourth-order valence-corrected chi connectivity index (χ4v) is 3.92. The van der Waals surface area contributed by atoms with Crippen molar-refractivity contribution >= 4 is 29.9 Å². The van der Waals surface area contributed by atoms with Crippen LogP contribution in [0.5, 0.6) is 0 Å². The molecular formula is C20H38IN3O4. The maximum absolute atomic E-state index is 6.06. The minimum atomic E-state index is 0. The lowest BCUT2D eigenvalue weighted by Crippen LogP contribution is -2.47. The molecule has 0 aromatic carbocycles. The van der Waals surface area contributed by atoms with Gasteiger partial charge in [0.15, 0.2) is 5.96 Å². The predicted octanol–water partition coefficient (Wildman–Crippen LogP) is 2.28. The molecule has 0 amide bonds. The molecule has 3 fully saturated rings. The van der Waals surface area contributed by atoms with Gasteiger partial charge in [-0.3, -0.25) is 4.99 Å². The van der Waals surface area contributed by atoms with Crippen LogP contribution in [0.25, 0.3) is 0 Å². The number of hydrogen-bond acceptors (Lipinski definition) is 5. The van der Waals surface area contributed by atoms with Crippen LogP contribution in [-0.4, -0.2) is 89.4 Å². The van der Waals surface area contributed by atoms with Crippen molar-refractivity contribution in [3.63, 3.8) is 0 Å². The lowest BCUT2D eigenvalue weighted by molar-refractivity contribution is -0.0367. The molecule has 164 valence electrons. The van der Waals surface area contributed by atoms with E-state index in [1.807, 2.05) is 7.05 Å².